The Balaban J connectivity index is 1.80. The van der Waals surface area contributed by atoms with Crippen LogP contribution in [0.25, 0.3) is 11.3 Å². The molecule has 3 aromatic rings. The molecular formula is C22H16F6N4O. The number of benzene rings is 1. The number of rotatable bonds is 4. The molecule has 1 fully saturated rings. The third-order valence-electron chi connectivity index (χ3n) is 5.46. The fourth-order valence-electron chi connectivity index (χ4n) is 3.76. The van der Waals surface area contributed by atoms with Crippen molar-refractivity contribution in [2.45, 2.75) is 37.5 Å². The van der Waals surface area contributed by atoms with Crippen LogP contribution in [0.15, 0.2) is 36.8 Å². The van der Waals surface area contributed by atoms with Gasteiger partial charge in [-0.25, -0.2) is 36.9 Å². The Labute approximate surface area is 183 Å². The Morgan fingerprint density at radius 1 is 0.970 bits per heavy atom. The van der Waals surface area contributed by atoms with Gasteiger partial charge < -0.3 is 5.32 Å². The molecule has 1 amide bonds. The van der Waals surface area contributed by atoms with E-state index < -0.39 is 54.0 Å². The maximum atomic E-state index is 14.5. The number of alkyl halides is 2. The van der Waals surface area contributed by atoms with Crippen molar-refractivity contribution in [1.29, 1.82) is 0 Å². The number of hydrogen-bond donors (Lipinski definition) is 1. The Hall–Kier alpha value is -3.50. The summed E-state index contributed by atoms with van der Waals surface area (Å²) in [5.41, 5.74) is -0.809. The number of nitrogens with one attached hydrogen (secondary N) is 1. The zero-order chi connectivity index (χ0) is 23.8. The summed E-state index contributed by atoms with van der Waals surface area (Å²) in [4.78, 5) is 24.0. The third kappa shape index (κ3) is 4.81. The zero-order valence-electron chi connectivity index (χ0n) is 16.9. The lowest BCUT2D eigenvalue weighted by Crippen LogP contribution is -2.25. The normalized spacial score (nSPS) is 15.9. The van der Waals surface area contributed by atoms with Crippen LogP contribution in [0, 0.1) is 23.4 Å². The topological polar surface area (TPSA) is 67.8 Å². The molecular weight excluding hydrogens is 450 g/mol. The van der Waals surface area contributed by atoms with Gasteiger partial charge in [0.1, 0.15) is 23.7 Å². The molecule has 0 atom stereocenters. The number of hydrogen-bond acceptors (Lipinski definition) is 4. The SMILES string of the molecule is O=C(Nc1c(-c2cc(F)ccc2F)ncnc1C1CCC(F)(F)CC1)c1cnc(F)c(F)c1. The smallest absolute Gasteiger partial charge is 0.257 e. The molecule has 0 unspecified atom stereocenters. The summed E-state index contributed by atoms with van der Waals surface area (Å²) in [6, 6.07) is 3.25. The van der Waals surface area contributed by atoms with Crippen molar-refractivity contribution in [3.63, 3.8) is 0 Å². The van der Waals surface area contributed by atoms with E-state index in [1.165, 1.54) is 0 Å². The highest BCUT2D eigenvalue weighted by atomic mass is 19.3. The van der Waals surface area contributed by atoms with Gasteiger partial charge >= 0.3 is 0 Å². The van der Waals surface area contributed by atoms with Crippen molar-refractivity contribution in [2.75, 3.05) is 5.32 Å². The Morgan fingerprint density at radius 3 is 2.39 bits per heavy atom. The van der Waals surface area contributed by atoms with Gasteiger partial charge in [-0.1, -0.05) is 0 Å². The van der Waals surface area contributed by atoms with E-state index in [4.69, 9.17) is 0 Å². The number of carbonyl (C=O) groups excluding carboxylic acids is 1. The van der Waals surface area contributed by atoms with E-state index in [0.29, 0.717) is 6.07 Å². The van der Waals surface area contributed by atoms with Crippen molar-refractivity contribution < 1.29 is 31.1 Å². The van der Waals surface area contributed by atoms with Gasteiger partial charge in [-0.2, -0.15) is 4.39 Å². The van der Waals surface area contributed by atoms with E-state index >= 15 is 0 Å². The van der Waals surface area contributed by atoms with Crippen LogP contribution in [0.4, 0.5) is 32.0 Å². The maximum Gasteiger partial charge on any atom is 0.257 e. The number of amides is 1. The van der Waals surface area contributed by atoms with E-state index in [1.54, 1.807) is 0 Å². The van der Waals surface area contributed by atoms with Gasteiger partial charge in [0.15, 0.2) is 5.82 Å². The quantitative estimate of drug-likeness (QED) is 0.399. The molecule has 0 radical (unpaired) electrons. The summed E-state index contributed by atoms with van der Waals surface area (Å²) in [6.07, 6.45) is 1.10. The molecule has 0 spiro atoms. The Kier molecular flexibility index (Phi) is 6.05. The minimum absolute atomic E-state index is 0.0324. The molecule has 1 aliphatic carbocycles. The molecule has 1 aromatic carbocycles. The largest absolute Gasteiger partial charge is 0.319 e. The van der Waals surface area contributed by atoms with Crippen molar-refractivity contribution in [3.8, 4) is 11.3 Å². The maximum absolute atomic E-state index is 14.5. The van der Waals surface area contributed by atoms with Crippen molar-refractivity contribution in [1.82, 2.24) is 15.0 Å². The fraction of sp³-hybridized carbons (Fsp3) is 0.273. The summed E-state index contributed by atoms with van der Waals surface area (Å²) in [6.45, 7) is 0. The molecule has 0 aliphatic heterocycles. The average molecular weight is 466 g/mol. The van der Waals surface area contributed by atoms with Crippen molar-refractivity contribution in [2.24, 2.45) is 0 Å². The predicted octanol–water partition coefficient (Wildman–Crippen LogP) is 5.64. The van der Waals surface area contributed by atoms with Gasteiger partial charge in [-0.3, -0.25) is 4.79 Å². The zero-order valence-corrected chi connectivity index (χ0v) is 16.9. The van der Waals surface area contributed by atoms with Gasteiger partial charge in [0.25, 0.3) is 5.91 Å². The second kappa shape index (κ2) is 8.80. The number of nitrogens with zero attached hydrogens (tertiary/aromatic N) is 3. The van der Waals surface area contributed by atoms with Crippen LogP contribution in [0.2, 0.25) is 0 Å². The van der Waals surface area contributed by atoms with Crippen LogP contribution in [-0.4, -0.2) is 26.8 Å². The molecule has 33 heavy (non-hydrogen) atoms. The van der Waals surface area contributed by atoms with E-state index in [2.05, 4.69) is 20.3 Å². The lowest BCUT2D eigenvalue weighted by Gasteiger charge is -2.29. The van der Waals surface area contributed by atoms with E-state index in [1.807, 2.05) is 0 Å². The van der Waals surface area contributed by atoms with Crippen LogP contribution in [-0.2, 0) is 0 Å². The first-order valence-electron chi connectivity index (χ1n) is 9.95. The van der Waals surface area contributed by atoms with Gasteiger partial charge in [0, 0.05) is 30.5 Å². The fourth-order valence-corrected chi connectivity index (χ4v) is 3.76. The molecule has 2 aromatic heterocycles. The molecule has 11 heteroatoms. The first-order valence-corrected chi connectivity index (χ1v) is 9.95. The van der Waals surface area contributed by atoms with E-state index in [-0.39, 0.29) is 41.0 Å². The number of aromatic nitrogens is 3. The first kappa shape index (κ1) is 22.7. The summed E-state index contributed by atoms with van der Waals surface area (Å²) in [5.74, 6) is -8.69. The van der Waals surface area contributed by atoms with Crippen LogP contribution in [0.1, 0.15) is 47.7 Å². The third-order valence-corrected chi connectivity index (χ3v) is 5.46. The van der Waals surface area contributed by atoms with Crippen LogP contribution >= 0.6 is 0 Å². The molecule has 172 valence electrons. The van der Waals surface area contributed by atoms with Gasteiger partial charge in [0.05, 0.1) is 16.9 Å². The van der Waals surface area contributed by atoms with Gasteiger partial charge in [-0.05, 0) is 37.1 Å². The summed E-state index contributed by atoms with van der Waals surface area (Å²) < 4.78 is 82.4. The highest BCUT2D eigenvalue weighted by Gasteiger charge is 2.37. The molecule has 1 aliphatic rings. The molecule has 0 bridgehead atoms. The van der Waals surface area contributed by atoms with Crippen LogP contribution in [0.3, 0.4) is 0 Å². The monoisotopic (exact) mass is 466 g/mol. The highest BCUT2D eigenvalue weighted by Crippen LogP contribution is 2.44. The second-order valence-corrected chi connectivity index (χ2v) is 7.69. The highest BCUT2D eigenvalue weighted by molar-refractivity contribution is 6.06. The molecule has 1 N–H and O–H groups in total. The summed E-state index contributed by atoms with van der Waals surface area (Å²) >= 11 is 0. The minimum atomic E-state index is -2.83. The van der Waals surface area contributed by atoms with Crippen molar-refractivity contribution >= 4 is 11.6 Å². The van der Waals surface area contributed by atoms with Gasteiger partial charge in [-0.15, -0.1) is 0 Å². The summed E-state index contributed by atoms with van der Waals surface area (Å²) in [7, 11) is 0. The minimum Gasteiger partial charge on any atom is -0.319 e. The van der Waals surface area contributed by atoms with Crippen LogP contribution < -0.4 is 5.32 Å². The first-order chi connectivity index (χ1) is 15.6. The summed E-state index contributed by atoms with van der Waals surface area (Å²) in [5, 5.41) is 2.44. The van der Waals surface area contributed by atoms with E-state index in [9.17, 15) is 31.1 Å². The molecule has 2 heterocycles. The predicted molar refractivity (Wildman–Crippen MR) is 106 cm³/mol. The Morgan fingerprint density at radius 2 is 1.70 bits per heavy atom. The second-order valence-electron chi connectivity index (χ2n) is 7.69. The van der Waals surface area contributed by atoms with E-state index in [0.717, 1.165) is 30.7 Å². The molecule has 1 saturated carbocycles. The average Bonchev–Trinajstić information content (AvgIpc) is 2.77. The number of halogens is 6. The molecule has 5 nitrogen and oxygen atoms in total. The number of pyridine rings is 1. The Bertz CT molecular complexity index is 1210. The van der Waals surface area contributed by atoms with Crippen molar-refractivity contribution in [3.05, 3.63) is 71.4 Å². The standard InChI is InChI=1S/C22H16F6N4O/c23-13-1-2-15(24)14(8-13)18-19(32-21(33)12-7-16(25)20(26)29-9-12)17(30-10-31-18)11-3-5-22(27,28)6-4-11/h1-2,7-11H,3-6H2,(H,32,33). The van der Waals surface area contributed by atoms with Crippen LogP contribution in [0.5, 0.6) is 0 Å². The number of anilines is 1. The lowest BCUT2D eigenvalue weighted by molar-refractivity contribution is -0.0384. The van der Waals surface area contributed by atoms with Gasteiger partial charge in [0.2, 0.25) is 11.9 Å². The molecule has 0 saturated heterocycles. The number of carbonyl (C=O) groups is 1. The lowest BCUT2D eigenvalue weighted by atomic mass is 9.83. The molecule has 4 rings (SSSR count).